The predicted molar refractivity (Wildman–Crippen MR) is 73.7 cm³/mol. The molecule has 4 N–H and O–H groups in total. The molecular weight excluding hydrogens is 342 g/mol. The van der Waals surface area contributed by atoms with Gasteiger partial charge in [0.15, 0.2) is 28.2 Å². The molecule has 1 rings (SSSR count). The lowest BCUT2D eigenvalue weighted by atomic mass is 10.2. The molecule has 0 atom stereocenters. The number of nitrogens with one attached hydrogen (secondary N) is 2. The normalized spacial score (nSPS) is 11.3. The van der Waals surface area contributed by atoms with Gasteiger partial charge in [-0.15, -0.1) is 0 Å². The first kappa shape index (κ1) is 18.9. The topological polar surface area (TPSA) is 101 Å². The lowest BCUT2D eigenvalue weighted by molar-refractivity contribution is -0.117. The van der Waals surface area contributed by atoms with Crippen LogP contribution in [-0.4, -0.2) is 27.4 Å². The number of carbonyl (C=O) groups is 1. The zero-order valence-electron chi connectivity index (χ0n) is 11.8. The van der Waals surface area contributed by atoms with Crippen molar-refractivity contribution < 1.29 is 30.8 Å². The maximum absolute atomic E-state index is 13.6. The van der Waals surface area contributed by atoms with Crippen molar-refractivity contribution in [1.29, 1.82) is 0 Å². The van der Waals surface area contributed by atoms with Crippen molar-refractivity contribution in [2.75, 3.05) is 18.8 Å². The molecule has 0 saturated carbocycles. The number of hydrogen-bond donors (Lipinski definition) is 3. The van der Waals surface area contributed by atoms with Gasteiger partial charge in [0.25, 0.3) is 0 Å². The summed E-state index contributed by atoms with van der Waals surface area (Å²) >= 11 is 0. The van der Waals surface area contributed by atoms with Crippen LogP contribution in [0.3, 0.4) is 0 Å². The Kier molecular flexibility index (Phi) is 5.72. The van der Waals surface area contributed by atoms with E-state index in [9.17, 15) is 30.8 Å². The first-order chi connectivity index (χ1) is 10.5. The molecule has 0 aliphatic rings. The highest BCUT2D eigenvalue weighted by Crippen LogP contribution is 2.28. The monoisotopic (exact) mass is 355 g/mol. The van der Waals surface area contributed by atoms with E-state index in [0.717, 1.165) is 0 Å². The Bertz CT molecular complexity index is 736. The highest BCUT2D eigenvalue weighted by molar-refractivity contribution is 7.89. The number of benzene rings is 1. The number of nitrogens with two attached hydrogens (primary N) is 1. The van der Waals surface area contributed by atoms with Crippen LogP contribution in [0.15, 0.2) is 17.0 Å². The molecule has 23 heavy (non-hydrogen) atoms. The molecule has 1 aromatic rings. The van der Waals surface area contributed by atoms with Crippen LogP contribution in [0.1, 0.15) is 6.92 Å². The molecule has 0 fully saturated rings. The quantitative estimate of drug-likeness (QED) is 0.231. The van der Waals surface area contributed by atoms with Crippen molar-refractivity contribution in [3.63, 3.8) is 0 Å². The molecule has 1 aromatic carbocycles. The summed E-state index contributed by atoms with van der Waals surface area (Å²) in [5.74, 6) is -8.87. The molecule has 11 heteroatoms. The van der Waals surface area contributed by atoms with Gasteiger partial charge in [-0.2, -0.15) is 0 Å². The van der Waals surface area contributed by atoms with Crippen molar-refractivity contribution in [1.82, 2.24) is 10.0 Å². The van der Waals surface area contributed by atoms with E-state index >= 15 is 0 Å². The minimum absolute atomic E-state index is 0.160. The molecule has 0 aliphatic heterocycles. The third kappa shape index (κ3) is 3.99. The number of nitrogen functional groups attached to an aromatic ring is 1. The Morgan fingerprint density at radius 3 is 2.00 bits per heavy atom. The average molecular weight is 355 g/mol. The molecule has 128 valence electrons. The lowest BCUT2D eigenvalue weighted by Crippen LogP contribution is -2.35. The molecule has 1 amide bonds. The van der Waals surface area contributed by atoms with E-state index in [1.165, 1.54) is 6.92 Å². The SMILES string of the molecule is C=C(C)C(=O)NCCNS(=O)(=O)c1c(F)c(F)c(N)c(F)c1F. The summed E-state index contributed by atoms with van der Waals surface area (Å²) in [7, 11) is -4.91. The van der Waals surface area contributed by atoms with Gasteiger partial charge < -0.3 is 11.1 Å². The summed E-state index contributed by atoms with van der Waals surface area (Å²) in [6, 6.07) is 0. The van der Waals surface area contributed by atoms with Crippen molar-refractivity contribution in [2.45, 2.75) is 11.8 Å². The Morgan fingerprint density at radius 1 is 1.09 bits per heavy atom. The van der Waals surface area contributed by atoms with Crippen LogP contribution in [0, 0.1) is 23.3 Å². The summed E-state index contributed by atoms with van der Waals surface area (Å²) in [6.45, 7) is 4.02. The summed E-state index contributed by atoms with van der Waals surface area (Å²) in [6.07, 6.45) is 0. The van der Waals surface area contributed by atoms with Crippen LogP contribution >= 0.6 is 0 Å². The summed E-state index contributed by atoms with van der Waals surface area (Å²) in [4.78, 5) is 9.33. The largest absolute Gasteiger partial charge is 0.394 e. The maximum Gasteiger partial charge on any atom is 0.246 e. The van der Waals surface area contributed by atoms with Crippen LogP contribution in [0.4, 0.5) is 23.2 Å². The Labute approximate surface area is 129 Å². The fourth-order valence-corrected chi connectivity index (χ4v) is 2.62. The Balaban J connectivity index is 2.98. The van der Waals surface area contributed by atoms with E-state index in [2.05, 4.69) is 11.9 Å². The lowest BCUT2D eigenvalue weighted by Gasteiger charge is -2.11. The van der Waals surface area contributed by atoms with Crippen LogP contribution in [0.2, 0.25) is 0 Å². The zero-order valence-corrected chi connectivity index (χ0v) is 12.7. The van der Waals surface area contributed by atoms with Gasteiger partial charge in [-0.05, 0) is 6.92 Å². The number of halogens is 4. The van der Waals surface area contributed by atoms with Gasteiger partial charge in [-0.3, -0.25) is 4.79 Å². The van der Waals surface area contributed by atoms with E-state index in [1.54, 1.807) is 4.72 Å². The number of hydrogen-bond acceptors (Lipinski definition) is 4. The first-order valence-electron chi connectivity index (χ1n) is 6.05. The summed E-state index contributed by atoms with van der Waals surface area (Å²) < 4.78 is 79.0. The third-order valence-corrected chi connectivity index (χ3v) is 4.10. The molecular formula is C12H13F4N3O3S. The molecule has 0 bridgehead atoms. The molecule has 0 radical (unpaired) electrons. The van der Waals surface area contributed by atoms with Gasteiger partial charge >= 0.3 is 0 Å². The molecule has 0 unspecified atom stereocenters. The first-order valence-corrected chi connectivity index (χ1v) is 7.53. The number of rotatable bonds is 6. The van der Waals surface area contributed by atoms with Crippen LogP contribution in [0.25, 0.3) is 0 Å². The van der Waals surface area contributed by atoms with Crippen molar-refractivity contribution in [2.24, 2.45) is 0 Å². The Hall–Kier alpha value is -2.14. The second kappa shape index (κ2) is 6.96. The van der Waals surface area contributed by atoms with E-state index in [0.29, 0.717) is 0 Å². The molecule has 0 heterocycles. The zero-order chi connectivity index (χ0) is 17.9. The number of sulfonamides is 1. The number of anilines is 1. The predicted octanol–water partition coefficient (Wildman–Crippen LogP) is 0.796. The second-order valence-corrected chi connectivity index (χ2v) is 6.14. The van der Waals surface area contributed by atoms with E-state index in [1.807, 2.05) is 0 Å². The summed E-state index contributed by atoms with van der Waals surface area (Å²) in [5, 5.41) is 2.25. The van der Waals surface area contributed by atoms with E-state index in [-0.39, 0.29) is 12.1 Å². The minimum atomic E-state index is -4.91. The number of amides is 1. The van der Waals surface area contributed by atoms with Gasteiger partial charge in [0.05, 0.1) is 0 Å². The average Bonchev–Trinajstić information content (AvgIpc) is 2.47. The van der Waals surface area contributed by atoms with Crippen LogP contribution in [0.5, 0.6) is 0 Å². The fraction of sp³-hybridized carbons (Fsp3) is 0.250. The molecule has 0 aliphatic carbocycles. The number of carbonyl (C=O) groups excluding carboxylic acids is 1. The fourth-order valence-electron chi connectivity index (χ4n) is 1.45. The van der Waals surface area contributed by atoms with Crippen molar-refractivity contribution in [3.05, 3.63) is 35.4 Å². The molecule has 0 saturated heterocycles. The standard InChI is InChI=1S/C12H13F4N3O3S/c1-5(2)12(20)18-3-4-19-23(21,22)11-8(15)6(13)10(17)7(14)9(11)16/h19H,1,3-4,17H2,2H3,(H,18,20). The minimum Gasteiger partial charge on any atom is -0.394 e. The molecule has 6 nitrogen and oxygen atoms in total. The van der Waals surface area contributed by atoms with Gasteiger partial charge in [0.1, 0.15) is 5.69 Å². The van der Waals surface area contributed by atoms with E-state index in [4.69, 9.17) is 5.73 Å². The maximum atomic E-state index is 13.6. The van der Waals surface area contributed by atoms with Crippen LogP contribution in [-0.2, 0) is 14.8 Å². The van der Waals surface area contributed by atoms with Crippen molar-refractivity contribution in [3.8, 4) is 0 Å². The van der Waals surface area contributed by atoms with Gasteiger partial charge in [0, 0.05) is 18.7 Å². The summed E-state index contributed by atoms with van der Waals surface area (Å²) in [5.41, 5.74) is 3.47. The van der Waals surface area contributed by atoms with E-state index < -0.39 is 56.3 Å². The second-order valence-electron chi connectivity index (χ2n) is 4.43. The molecule has 0 spiro atoms. The molecule has 0 aromatic heterocycles. The third-order valence-electron chi connectivity index (χ3n) is 2.62. The van der Waals surface area contributed by atoms with Gasteiger partial charge in [-0.1, -0.05) is 6.58 Å². The van der Waals surface area contributed by atoms with Gasteiger partial charge in [0.2, 0.25) is 15.9 Å². The van der Waals surface area contributed by atoms with Crippen LogP contribution < -0.4 is 15.8 Å². The van der Waals surface area contributed by atoms with Gasteiger partial charge in [-0.25, -0.2) is 30.7 Å². The highest BCUT2D eigenvalue weighted by Gasteiger charge is 2.32. The smallest absolute Gasteiger partial charge is 0.246 e. The van der Waals surface area contributed by atoms with Crippen molar-refractivity contribution >= 4 is 21.6 Å². The Morgan fingerprint density at radius 2 is 1.57 bits per heavy atom. The highest BCUT2D eigenvalue weighted by atomic mass is 32.2.